The molecule has 5 heteroatoms. The average Bonchev–Trinajstić information content (AvgIpc) is 2.24. The highest BCUT2D eigenvalue weighted by molar-refractivity contribution is 9.10. The molecule has 1 aromatic rings. The van der Waals surface area contributed by atoms with E-state index in [0.717, 1.165) is 15.9 Å². The molecule has 1 amide bonds. The quantitative estimate of drug-likeness (QED) is 0.814. The number of carbonyl (C=O) groups excluding carboxylic acids is 1. The van der Waals surface area contributed by atoms with Crippen LogP contribution in [-0.2, 0) is 4.79 Å². The molecule has 4 nitrogen and oxygen atoms in total. The van der Waals surface area contributed by atoms with Gasteiger partial charge in [-0.25, -0.2) is 0 Å². The first kappa shape index (κ1) is 12.8. The molecular formula is C11H15BrN2O2. The van der Waals surface area contributed by atoms with Crippen molar-refractivity contribution in [1.29, 1.82) is 0 Å². The second kappa shape index (κ2) is 6.37. The van der Waals surface area contributed by atoms with Gasteiger partial charge in [0.05, 0.1) is 11.6 Å². The number of nitrogens with one attached hydrogen (secondary N) is 2. The molecule has 0 saturated heterocycles. The third-order valence-corrected chi connectivity index (χ3v) is 2.60. The molecule has 88 valence electrons. The molecule has 2 N–H and O–H groups in total. The van der Waals surface area contributed by atoms with E-state index in [-0.39, 0.29) is 5.91 Å². The van der Waals surface area contributed by atoms with Crippen molar-refractivity contribution in [3.63, 3.8) is 0 Å². The summed E-state index contributed by atoms with van der Waals surface area (Å²) in [6, 6.07) is 5.74. The monoisotopic (exact) mass is 286 g/mol. The lowest BCUT2D eigenvalue weighted by molar-refractivity contribution is -0.118. The molecule has 0 radical (unpaired) electrons. The summed E-state index contributed by atoms with van der Waals surface area (Å²) in [7, 11) is 1.63. The van der Waals surface area contributed by atoms with Crippen LogP contribution in [0.25, 0.3) is 0 Å². The fourth-order valence-corrected chi connectivity index (χ4v) is 1.76. The van der Waals surface area contributed by atoms with Crippen molar-refractivity contribution in [3.8, 4) is 5.75 Å². The molecule has 0 bridgehead atoms. The van der Waals surface area contributed by atoms with Crippen molar-refractivity contribution in [3.05, 3.63) is 22.7 Å². The van der Waals surface area contributed by atoms with Crippen LogP contribution in [0.3, 0.4) is 0 Å². The summed E-state index contributed by atoms with van der Waals surface area (Å²) < 4.78 is 6.03. The summed E-state index contributed by atoms with van der Waals surface area (Å²) in [5.41, 5.74) is 0.984. The molecular weight excluding hydrogens is 272 g/mol. The van der Waals surface area contributed by atoms with E-state index in [9.17, 15) is 4.79 Å². The molecule has 0 saturated carbocycles. The van der Waals surface area contributed by atoms with Crippen molar-refractivity contribution >= 4 is 27.5 Å². The molecule has 0 atom stereocenters. The zero-order valence-corrected chi connectivity index (χ0v) is 10.9. The number of amides is 1. The Morgan fingerprint density at radius 3 is 2.75 bits per heavy atom. The molecule has 1 rings (SSSR count). The number of hydrogen-bond acceptors (Lipinski definition) is 3. The number of hydrogen-bond donors (Lipinski definition) is 2. The van der Waals surface area contributed by atoms with Gasteiger partial charge in [0, 0.05) is 25.7 Å². The van der Waals surface area contributed by atoms with E-state index in [2.05, 4.69) is 26.6 Å². The van der Waals surface area contributed by atoms with Crippen LogP contribution in [0.4, 0.5) is 5.69 Å². The highest BCUT2D eigenvalue weighted by atomic mass is 79.9. The molecule has 16 heavy (non-hydrogen) atoms. The first-order valence-corrected chi connectivity index (χ1v) is 5.74. The highest BCUT2D eigenvalue weighted by Crippen LogP contribution is 2.27. The normalized spacial score (nSPS) is 9.69. The molecule has 0 spiro atoms. The van der Waals surface area contributed by atoms with Gasteiger partial charge in [-0.3, -0.25) is 4.79 Å². The second-order valence-corrected chi connectivity index (χ2v) is 4.11. The van der Waals surface area contributed by atoms with Gasteiger partial charge in [0.1, 0.15) is 5.75 Å². The highest BCUT2D eigenvalue weighted by Gasteiger charge is 2.00. The molecule has 0 aliphatic carbocycles. The minimum Gasteiger partial charge on any atom is -0.496 e. The topological polar surface area (TPSA) is 50.4 Å². The number of halogens is 1. The predicted molar refractivity (Wildman–Crippen MR) is 67.9 cm³/mol. The van der Waals surface area contributed by atoms with Crippen LogP contribution in [0.15, 0.2) is 22.7 Å². The van der Waals surface area contributed by atoms with Crippen molar-refractivity contribution < 1.29 is 9.53 Å². The molecule has 0 heterocycles. The number of rotatable bonds is 5. The van der Waals surface area contributed by atoms with E-state index in [0.29, 0.717) is 13.1 Å². The predicted octanol–water partition coefficient (Wildman–Crippen LogP) is 2.01. The summed E-state index contributed by atoms with van der Waals surface area (Å²) in [6.45, 7) is 2.81. The van der Waals surface area contributed by atoms with E-state index < -0.39 is 0 Å². The van der Waals surface area contributed by atoms with Crippen LogP contribution in [0.2, 0.25) is 0 Å². The average molecular weight is 287 g/mol. The van der Waals surface area contributed by atoms with Gasteiger partial charge in [-0.05, 0) is 34.1 Å². The lowest BCUT2D eigenvalue weighted by Crippen LogP contribution is -2.26. The van der Waals surface area contributed by atoms with Crippen LogP contribution in [0.5, 0.6) is 5.75 Å². The summed E-state index contributed by atoms with van der Waals surface area (Å²) in [5, 5.41) is 5.91. The summed E-state index contributed by atoms with van der Waals surface area (Å²) in [4.78, 5) is 10.6. The van der Waals surface area contributed by atoms with Gasteiger partial charge >= 0.3 is 0 Å². The first-order valence-electron chi connectivity index (χ1n) is 4.95. The minimum absolute atomic E-state index is 0.0160. The van der Waals surface area contributed by atoms with Crippen LogP contribution in [0, 0.1) is 0 Å². The van der Waals surface area contributed by atoms with Crippen molar-refractivity contribution in [2.75, 3.05) is 25.5 Å². The van der Waals surface area contributed by atoms with Gasteiger partial charge in [0.15, 0.2) is 0 Å². The van der Waals surface area contributed by atoms with E-state index in [4.69, 9.17) is 4.74 Å². The second-order valence-electron chi connectivity index (χ2n) is 3.26. The first-order chi connectivity index (χ1) is 7.63. The van der Waals surface area contributed by atoms with Crippen molar-refractivity contribution in [1.82, 2.24) is 5.32 Å². The van der Waals surface area contributed by atoms with Crippen LogP contribution < -0.4 is 15.4 Å². The SMILES string of the molecule is COc1ccc(NCCNC(C)=O)cc1Br. The van der Waals surface area contributed by atoms with Gasteiger partial charge in [-0.1, -0.05) is 0 Å². The zero-order valence-electron chi connectivity index (χ0n) is 9.34. The third-order valence-electron chi connectivity index (χ3n) is 1.98. The van der Waals surface area contributed by atoms with Gasteiger partial charge in [-0.2, -0.15) is 0 Å². The maximum absolute atomic E-state index is 10.6. The largest absolute Gasteiger partial charge is 0.496 e. The molecule has 0 aliphatic rings. The van der Waals surface area contributed by atoms with Gasteiger partial charge in [0.2, 0.25) is 5.91 Å². The summed E-state index contributed by atoms with van der Waals surface area (Å²) >= 11 is 3.40. The van der Waals surface area contributed by atoms with E-state index in [1.807, 2.05) is 18.2 Å². The van der Waals surface area contributed by atoms with Gasteiger partial charge < -0.3 is 15.4 Å². The van der Waals surface area contributed by atoms with Crippen LogP contribution in [0.1, 0.15) is 6.92 Å². The van der Waals surface area contributed by atoms with Gasteiger partial charge in [0.25, 0.3) is 0 Å². The Hall–Kier alpha value is -1.23. The molecule has 0 aromatic heterocycles. The smallest absolute Gasteiger partial charge is 0.216 e. The molecule has 0 aliphatic heterocycles. The Bertz CT molecular complexity index is 369. The maximum atomic E-state index is 10.6. The fraction of sp³-hybridized carbons (Fsp3) is 0.364. The number of ether oxygens (including phenoxy) is 1. The number of benzene rings is 1. The van der Waals surface area contributed by atoms with Gasteiger partial charge in [-0.15, -0.1) is 0 Å². The van der Waals surface area contributed by atoms with Crippen LogP contribution >= 0.6 is 15.9 Å². The molecule has 1 aromatic carbocycles. The maximum Gasteiger partial charge on any atom is 0.216 e. The number of anilines is 1. The van der Waals surface area contributed by atoms with E-state index in [1.165, 1.54) is 6.92 Å². The van der Waals surface area contributed by atoms with E-state index in [1.54, 1.807) is 7.11 Å². The molecule has 0 unspecified atom stereocenters. The van der Waals surface area contributed by atoms with Crippen molar-refractivity contribution in [2.45, 2.75) is 6.92 Å². The van der Waals surface area contributed by atoms with Crippen molar-refractivity contribution in [2.24, 2.45) is 0 Å². The Kier molecular flexibility index (Phi) is 5.11. The Morgan fingerprint density at radius 2 is 2.19 bits per heavy atom. The summed E-state index contributed by atoms with van der Waals surface area (Å²) in [6.07, 6.45) is 0. The lowest BCUT2D eigenvalue weighted by Gasteiger charge is -2.09. The zero-order chi connectivity index (χ0) is 12.0. The summed E-state index contributed by atoms with van der Waals surface area (Å²) in [5.74, 6) is 0.783. The van der Waals surface area contributed by atoms with Crippen LogP contribution in [-0.4, -0.2) is 26.1 Å². The third kappa shape index (κ3) is 4.10. The Labute approximate surface area is 103 Å². The Balaban J connectivity index is 2.43. The minimum atomic E-state index is -0.0160. The fourth-order valence-electron chi connectivity index (χ4n) is 1.22. The molecule has 0 fully saturated rings. The number of methoxy groups -OCH3 is 1. The van der Waals surface area contributed by atoms with E-state index >= 15 is 0 Å². The Morgan fingerprint density at radius 1 is 1.44 bits per heavy atom. The lowest BCUT2D eigenvalue weighted by atomic mass is 10.3. The number of carbonyl (C=O) groups is 1. The standard InChI is InChI=1S/C11H15BrN2O2/c1-8(15)13-5-6-14-9-3-4-11(16-2)10(12)7-9/h3-4,7,14H,5-6H2,1-2H3,(H,13,15).